The van der Waals surface area contributed by atoms with Crippen LogP contribution in [0.15, 0.2) is 90.3 Å². The molecular weight excluding hydrogens is 586 g/mol. The number of sulfone groups is 1. The van der Waals surface area contributed by atoms with Gasteiger partial charge in [0.05, 0.1) is 11.4 Å². The summed E-state index contributed by atoms with van der Waals surface area (Å²) in [5.74, 6) is -0.0595. The highest BCUT2D eigenvalue weighted by Crippen LogP contribution is 2.46. The van der Waals surface area contributed by atoms with Crippen LogP contribution in [0.3, 0.4) is 0 Å². The minimum absolute atomic E-state index is 0.0292. The Balaban J connectivity index is 1.16. The molecule has 1 amide bonds. The van der Waals surface area contributed by atoms with Crippen molar-refractivity contribution < 1.29 is 13.2 Å². The number of carbonyl (C=O) groups excluding carboxylic acids is 1. The molecule has 8 rings (SSSR count). The monoisotopic (exact) mass is 617 g/mol. The van der Waals surface area contributed by atoms with E-state index in [1.807, 2.05) is 71.8 Å². The summed E-state index contributed by atoms with van der Waals surface area (Å²) < 4.78 is 28.1. The predicted molar refractivity (Wildman–Crippen MR) is 172 cm³/mol. The van der Waals surface area contributed by atoms with E-state index in [4.69, 9.17) is 10.7 Å². The minimum atomic E-state index is -3.71. The van der Waals surface area contributed by atoms with Crippen molar-refractivity contribution in [3.05, 3.63) is 96.8 Å². The van der Waals surface area contributed by atoms with Crippen molar-refractivity contribution in [3.8, 4) is 22.4 Å². The van der Waals surface area contributed by atoms with Crippen LogP contribution in [-0.4, -0.2) is 61.9 Å². The number of amides is 1. The third kappa shape index (κ3) is 4.57. The SMILES string of the molecule is CS(=O)(=O)c1c(C2C[C@H]3CC[C@@H](C2)N3C(=O)c2cc3cnccc3[nH]2)nc2c(-c3ccc(-c4ccccc4)nc3)ccn2c1N. The first-order valence-corrected chi connectivity index (χ1v) is 16.9. The molecule has 2 aliphatic heterocycles. The van der Waals surface area contributed by atoms with E-state index >= 15 is 0 Å². The summed E-state index contributed by atoms with van der Waals surface area (Å²) in [6.07, 6.45) is 11.1. The number of aromatic amines is 1. The first kappa shape index (κ1) is 27.5. The van der Waals surface area contributed by atoms with Gasteiger partial charge in [-0.1, -0.05) is 36.4 Å². The Labute approximate surface area is 259 Å². The van der Waals surface area contributed by atoms with E-state index < -0.39 is 9.84 Å². The molecule has 0 aliphatic carbocycles. The maximum atomic E-state index is 13.7. The molecule has 7 heterocycles. The summed E-state index contributed by atoms with van der Waals surface area (Å²) in [5.41, 5.74) is 12.7. The van der Waals surface area contributed by atoms with Crippen LogP contribution in [-0.2, 0) is 9.84 Å². The van der Waals surface area contributed by atoms with Gasteiger partial charge in [0.15, 0.2) is 9.84 Å². The van der Waals surface area contributed by atoms with Gasteiger partial charge in [-0.25, -0.2) is 13.4 Å². The topological polar surface area (TPSA) is 139 Å². The number of aromatic nitrogens is 5. The number of anilines is 1. The third-order valence-electron chi connectivity index (χ3n) is 9.33. The summed E-state index contributed by atoms with van der Waals surface area (Å²) in [5, 5.41) is 0.891. The number of nitrogen functional groups attached to an aromatic ring is 1. The highest BCUT2D eigenvalue weighted by atomic mass is 32.2. The number of benzene rings is 1. The lowest BCUT2D eigenvalue weighted by Gasteiger charge is -2.39. The number of H-pyrrole nitrogens is 1. The Morgan fingerprint density at radius 2 is 1.76 bits per heavy atom. The molecular formula is C34H31N7O3S. The second-order valence-corrected chi connectivity index (χ2v) is 14.1. The van der Waals surface area contributed by atoms with Gasteiger partial charge in [-0.05, 0) is 49.9 Å². The molecule has 226 valence electrons. The number of nitrogens with one attached hydrogen (secondary N) is 1. The first-order chi connectivity index (χ1) is 21.8. The lowest BCUT2D eigenvalue weighted by Crippen LogP contribution is -2.46. The molecule has 2 aliphatic rings. The van der Waals surface area contributed by atoms with E-state index in [1.54, 1.807) is 23.0 Å². The van der Waals surface area contributed by atoms with Gasteiger partial charge < -0.3 is 15.6 Å². The molecule has 2 fully saturated rings. The van der Waals surface area contributed by atoms with Crippen molar-refractivity contribution >= 4 is 38.1 Å². The Bertz CT molecular complexity index is 2160. The van der Waals surface area contributed by atoms with Crippen LogP contribution in [0.4, 0.5) is 5.82 Å². The fourth-order valence-electron chi connectivity index (χ4n) is 7.31. The Hall–Kier alpha value is -5.03. The molecule has 5 aromatic heterocycles. The molecule has 2 bridgehead atoms. The summed E-state index contributed by atoms with van der Waals surface area (Å²) >= 11 is 0. The number of nitrogens with zero attached hydrogens (tertiary/aromatic N) is 5. The standard InChI is InChI=1S/C34H31N7O3S/c1-45(43,44)31-30(22-15-24-8-9-25(16-22)41(24)34(42)29-17-23-18-36-13-11-28(23)38-29)39-33-26(12-14-40(33)32(31)35)21-7-10-27(37-19-21)20-5-3-2-4-6-20/h2-7,10-14,17-19,22,24-25,38H,8-9,15-16,35H2,1H3/t22?,24-,25+. The van der Waals surface area contributed by atoms with Crippen LogP contribution in [0.1, 0.15) is 47.8 Å². The molecule has 11 heteroatoms. The van der Waals surface area contributed by atoms with Crippen LogP contribution >= 0.6 is 0 Å². The van der Waals surface area contributed by atoms with Gasteiger partial charge in [0.2, 0.25) is 0 Å². The number of hydrogen-bond acceptors (Lipinski definition) is 7. The number of piperidine rings is 1. The third-order valence-corrected chi connectivity index (χ3v) is 10.5. The van der Waals surface area contributed by atoms with Gasteiger partial charge in [-0.3, -0.25) is 19.2 Å². The van der Waals surface area contributed by atoms with Crippen molar-refractivity contribution in [2.45, 2.75) is 48.6 Å². The second kappa shape index (κ2) is 10.3. The number of pyridine rings is 2. The molecule has 45 heavy (non-hydrogen) atoms. The predicted octanol–water partition coefficient (Wildman–Crippen LogP) is 5.48. The van der Waals surface area contributed by atoms with E-state index in [1.165, 1.54) is 6.26 Å². The molecule has 6 aromatic rings. The number of fused-ring (bicyclic) bond motifs is 4. The fourth-order valence-corrected chi connectivity index (χ4v) is 8.38. The molecule has 3 atom stereocenters. The van der Waals surface area contributed by atoms with E-state index in [2.05, 4.69) is 15.0 Å². The van der Waals surface area contributed by atoms with Crippen LogP contribution in [0.5, 0.6) is 0 Å². The van der Waals surface area contributed by atoms with Crippen molar-refractivity contribution in [2.24, 2.45) is 0 Å². The summed E-state index contributed by atoms with van der Waals surface area (Å²) in [7, 11) is -3.71. The Morgan fingerprint density at radius 3 is 2.44 bits per heavy atom. The average molecular weight is 618 g/mol. The van der Waals surface area contributed by atoms with Crippen LogP contribution < -0.4 is 5.73 Å². The van der Waals surface area contributed by atoms with E-state index in [9.17, 15) is 13.2 Å². The van der Waals surface area contributed by atoms with Crippen LogP contribution in [0, 0.1) is 0 Å². The Morgan fingerprint density at radius 1 is 0.978 bits per heavy atom. The van der Waals surface area contributed by atoms with E-state index in [0.29, 0.717) is 29.9 Å². The molecule has 1 unspecified atom stereocenters. The number of nitrogens with two attached hydrogens (primary N) is 1. The molecule has 0 saturated carbocycles. The Kier molecular flexibility index (Phi) is 6.28. The number of hydrogen-bond donors (Lipinski definition) is 2. The van der Waals surface area contributed by atoms with Crippen LogP contribution in [0.2, 0.25) is 0 Å². The molecule has 1 aromatic carbocycles. The van der Waals surface area contributed by atoms with Crippen LogP contribution in [0.25, 0.3) is 38.9 Å². The summed E-state index contributed by atoms with van der Waals surface area (Å²) in [6, 6.07) is 19.5. The van der Waals surface area contributed by atoms with Crippen molar-refractivity contribution in [1.82, 2.24) is 29.2 Å². The smallest absolute Gasteiger partial charge is 0.270 e. The lowest BCUT2D eigenvalue weighted by atomic mass is 9.87. The van der Waals surface area contributed by atoms with Crippen molar-refractivity contribution in [2.75, 3.05) is 12.0 Å². The fraction of sp³-hybridized carbons (Fsp3) is 0.235. The largest absolute Gasteiger partial charge is 0.384 e. The van der Waals surface area contributed by atoms with Gasteiger partial charge in [0, 0.05) is 76.6 Å². The van der Waals surface area contributed by atoms with Crippen molar-refractivity contribution in [3.63, 3.8) is 0 Å². The quantitative estimate of drug-likeness (QED) is 0.261. The van der Waals surface area contributed by atoms with Gasteiger partial charge in [0.25, 0.3) is 5.91 Å². The van der Waals surface area contributed by atoms with Gasteiger partial charge in [-0.2, -0.15) is 0 Å². The van der Waals surface area contributed by atoms with Gasteiger partial charge in [-0.15, -0.1) is 0 Å². The molecule has 0 radical (unpaired) electrons. The zero-order valence-corrected chi connectivity index (χ0v) is 25.4. The number of rotatable bonds is 5. The zero-order valence-electron chi connectivity index (χ0n) is 24.6. The average Bonchev–Trinajstić information content (AvgIpc) is 3.74. The second-order valence-electron chi connectivity index (χ2n) is 12.1. The highest BCUT2D eigenvalue weighted by Gasteiger charge is 2.46. The minimum Gasteiger partial charge on any atom is -0.384 e. The zero-order chi connectivity index (χ0) is 30.9. The summed E-state index contributed by atoms with van der Waals surface area (Å²) in [4.78, 5) is 33.0. The van der Waals surface area contributed by atoms with Gasteiger partial charge in [0.1, 0.15) is 22.1 Å². The van der Waals surface area contributed by atoms with E-state index in [0.717, 1.165) is 46.1 Å². The normalized spacial score (nSPS) is 19.8. The molecule has 10 nitrogen and oxygen atoms in total. The maximum absolute atomic E-state index is 13.7. The molecule has 0 spiro atoms. The molecule has 2 saturated heterocycles. The van der Waals surface area contributed by atoms with Crippen molar-refractivity contribution in [1.29, 1.82) is 0 Å². The van der Waals surface area contributed by atoms with E-state index in [-0.39, 0.29) is 34.6 Å². The van der Waals surface area contributed by atoms with Gasteiger partial charge >= 0.3 is 0 Å². The maximum Gasteiger partial charge on any atom is 0.270 e. The molecule has 3 N–H and O–H groups in total. The first-order valence-electron chi connectivity index (χ1n) is 15.0. The highest BCUT2D eigenvalue weighted by molar-refractivity contribution is 7.91. The lowest BCUT2D eigenvalue weighted by molar-refractivity contribution is 0.0563. The number of carbonyl (C=O) groups is 1. The summed E-state index contributed by atoms with van der Waals surface area (Å²) in [6.45, 7) is 0.